The third kappa shape index (κ3) is 2.93. The molecule has 1 aromatic carbocycles. The average Bonchev–Trinajstić information content (AvgIpc) is 2.96. The van der Waals surface area contributed by atoms with Crippen LogP contribution < -0.4 is 4.90 Å². The van der Waals surface area contributed by atoms with Gasteiger partial charge in [0.15, 0.2) is 0 Å². The molecule has 3 aromatic rings. The highest BCUT2D eigenvalue weighted by Gasteiger charge is 2.31. The molecule has 1 saturated heterocycles. The normalized spacial score (nSPS) is 16.4. The van der Waals surface area contributed by atoms with E-state index in [0.717, 1.165) is 55.1 Å². The minimum atomic E-state index is -4.41. The first-order valence-corrected chi connectivity index (χ1v) is 8.76. The Hall–Kier alpha value is -2.61. The van der Waals surface area contributed by atoms with Crippen molar-refractivity contribution in [1.29, 1.82) is 0 Å². The van der Waals surface area contributed by atoms with Crippen LogP contribution in [0.3, 0.4) is 0 Å². The van der Waals surface area contributed by atoms with Gasteiger partial charge in [-0.25, -0.2) is 4.98 Å². The Morgan fingerprint density at radius 1 is 1.15 bits per heavy atom. The molecule has 0 radical (unpaired) electrons. The van der Waals surface area contributed by atoms with E-state index in [2.05, 4.69) is 26.5 Å². The van der Waals surface area contributed by atoms with Crippen LogP contribution in [0.25, 0.3) is 22.5 Å². The summed E-state index contributed by atoms with van der Waals surface area (Å²) in [6, 6.07) is 3.68. The molecule has 0 saturated carbocycles. The molecule has 4 rings (SSSR count). The fraction of sp³-hybridized carbons (Fsp3) is 0.368. The average molecular weight is 375 g/mol. The van der Waals surface area contributed by atoms with Crippen molar-refractivity contribution in [3.05, 3.63) is 41.6 Å². The van der Waals surface area contributed by atoms with Gasteiger partial charge in [-0.2, -0.15) is 22.8 Å². The molecule has 0 amide bonds. The summed E-state index contributed by atoms with van der Waals surface area (Å²) in [4.78, 5) is 8.87. The van der Waals surface area contributed by atoms with Crippen molar-refractivity contribution in [2.24, 2.45) is 0 Å². The lowest BCUT2D eigenvalue weighted by Gasteiger charge is -2.33. The first-order chi connectivity index (χ1) is 12.8. The smallest absolute Gasteiger partial charge is 0.338 e. The maximum absolute atomic E-state index is 13.2. The number of aromatic nitrogens is 3. The van der Waals surface area contributed by atoms with Crippen molar-refractivity contribution in [1.82, 2.24) is 19.5 Å². The molecular formula is C19H20F3N5. The fourth-order valence-corrected chi connectivity index (χ4v) is 3.55. The predicted octanol–water partition coefficient (Wildman–Crippen LogP) is 3.60. The largest absolute Gasteiger partial charge is 0.416 e. The molecule has 1 aliphatic rings. The molecule has 8 heteroatoms. The highest BCUT2D eigenvalue weighted by atomic mass is 19.4. The zero-order chi connectivity index (χ0) is 19.3. The van der Waals surface area contributed by atoms with Crippen LogP contribution >= 0.6 is 0 Å². The van der Waals surface area contributed by atoms with Crippen LogP contribution in [0.4, 0.5) is 19.1 Å². The molecule has 0 bridgehead atoms. The van der Waals surface area contributed by atoms with E-state index in [1.165, 1.54) is 6.07 Å². The molecular weight excluding hydrogens is 355 g/mol. The van der Waals surface area contributed by atoms with E-state index in [-0.39, 0.29) is 0 Å². The lowest BCUT2D eigenvalue weighted by molar-refractivity contribution is -0.137. The summed E-state index contributed by atoms with van der Waals surface area (Å²) in [5.74, 6) is 0.570. The number of benzene rings is 1. The van der Waals surface area contributed by atoms with Gasteiger partial charge in [0.25, 0.3) is 0 Å². The van der Waals surface area contributed by atoms with Gasteiger partial charge in [0.1, 0.15) is 0 Å². The number of alkyl halides is 3. The zero-order valence-corrected chi connectivity index (χ0v) is 15.2. The quantitative estimate of drug-likeness (QED) is 0.686. The Balaban J connectivity index is 2.01. The van der Waals surface area contributed by atoms with Gasteiger partial charge in [0.05, 0.1) is 22.3 Å². The number of rotatable bonds is 2. The highest BCUT2D eigenvalue weighted by molar-refractivity contribution is 5.99. The molecule has 0 aliphatic carbocycles. The Kier molecular flexibility index (Phi) is 4.10. The van der Waals surface area contributed by atoms with Crippen LogP contribution in [0.2, 0.25) is 0 Å². The number of aryl methyl sites for hydroxylation is 1. The summed E-state index contributed by atoms with van der Waals surface area (Å²) in [5, 5.41) is 5.24. The molecule has 0 N–H and O–H groups in total. The first-order valence-electron chi connectivity index (χ1n) is 8.76. The molecule has 0 spiro atoms. The van der Waals surface area contributed by atoms with Crippen molar-refractivity contribution in [2.75, 3.05) is 38.1 Å². The summed E-state index contributed by atoms with van der Waals surface area (Å²) in [7, 11) is 2.05. The lowest BCUT2D eigenvalue weighted by atomic mass is 10.1. The van der Waals surface area contributed by atoms with Crippen molar-refractivity contribution >= 4 is 28.4 Å². The van der Waals surface area contributed by atoms with E-state index in [1.807, 2.05) is 14.0 Å². The lowest BCUT2D eigenvalue weighted by Crippen LogP contribution is -2.45. The SMILES string of the molecule is C=Cc1c(C)nn2c(N3CCN(C)CC3)nc3cc(C(F)(F)F)ccc3c12. The second-order valence-electron chi connectivity index (χ2n) is 6.90. The van der Waals surface area contributed by atoms with Gasteiger partial charge in [0.2, 0.25) is 5.95 Å². The Morgan fingerprint density at radius 3 is 2.48 bits per heavy atom. The van der Waals surface area contributed by atoms with Gasteiger partial charge < -0.3 is 9.80 Å². The van der Waals surface area contributed by atoms with E-state index >= 15 is 0 Å². The second-order valence-corrected chi connectivity index (χ2v) is 6.90. The standard InChI is InChI=1S/C19H20F3N5/c1-4-14-12(2)24-27-17(14)15-6-5-13(19(20,21)22)11-16(15)23-18(27)26-9-7-25(3)8-10-26/h4-6,11H,1,7-10H2,2-3H3. The first kappa shape index (κ1) is 17.8. The Labute approximate surface area is 154 Å². The molecule has 3 heterocycles. The van der Waals surface area contributed by atoms with E-state index in [1.54, 1.807) is 10.6 Å². The molecule has 27 heavy (non-hydrogen) atoms. The minimum Gasteiger partial charge on any atom is -0.338 e. The Morgan fingerprint density at radius 2 is 1.85 bits per heavy atom. The van der Waals surface area contributed by atoms with E-state index < -0.39 is 11.7 Å². The summed E-state index contributed by atoms with van der Waals surface area (Å²) >= 11 is 0. The van der Waals surface area contributed by atoms with Gasteiger partial charge in [-0.3, -0.25) is 0 Å². The zero-order valence-electron chi connectivity index (χ0n) is 15.2. The summed E-state index contributed by atoms with van der Waals surface area (Å²) in [6.45, 7) is 8.93. The third-order valence-electron chi connectivity index (χ3n) is 5.09. The van der Waals surface area contributed by atoms with Crippen LogP contribution in [-0.2, 0) is 6.18 Å². The Bertz CT molecular complexity index is 1030. The van der Waals surface area contributed by atoms with Crippen LogP contribution in [0, 0.1) is 6.92 Å². The van der Waals surface area contributed by atoms with Crippen molar-refractivity contribution < 1.29 is 13.2 Å². The number of hydrogen-bond acceptors (Lipinski definition) is 4. The number of anilines is 1. The molecule has 0 atom stereocenters. The maximum atomic E-state index is 13.2. The van der Waals surface area contributed by atoms with Crippen LogP contribution in [0.15, 0.2) is 24.8 Å². The van der Waals surface area contributed by atoms with Gasteiger partial charge >= 0.3 is 6.18 Å². The third-order valence-corrected chi connectivity index (χ3v) is 5.09. The monoisotopic (exact) mass is 375 g/mol. The molecule has 0 unspecified atom stereocenters. The number of fused-ring (bicyclic) bond motifs is 3. The van der Waals surface area contributed by atoms with Gasteiger partial charge in [-0.05, 0) is 26.1 Å². The number of hydrogen-bond donors (Lipinski definition) is 0. The van der Waals surface area contributed by atoms with E-state index in [4.69, 9.17) is 0 Å². The fourth-order valence-electron chi connectivity index (χ4n) is 3.55. The molecule has 142 valence electrons. The summed E-state index contributed by atoms with van der Waals surface area (Å²) in [6.07, 6.45) is -2.71. The molecule has 1 aliphatic heterocycles. The number of likely N-dealkylation sites (N-methyl/N-ethyl adjacent to an activating group) is 1. The maximum Gasteiger partial charge on any atom is 0.416 e. The van der Waals surface area contributed by atoms with Crippen LogP contribution in [-0.4, -0.2) is 52.7 Å². The predicted molar refractivity (Wildman–Crippen MR) is 100 cm³/mol. The van der Waals surface area contributed by atoms with Crippen molar-refractivity contribution in [2.45, 2.75) is 13.1 Å². The van der Waals surface area contributed by atoms with Gasteiger partial charge in [-0.15, -0.1) is 0 Å². The van der Waals surface area contributed by atoms with Crippen LogP contribution in [0.1, 0.15) is 16.8 Å². The molecule has 1 fully saturated rings. The molecule has 5 nitrogen and oxygen atoms in total. The molecule has 2 aromatic heterocycles. The number of piperazine rings is 1. The van der Waals surface area contributed by atoms with Crippen molar-refractivity contribution in [3.63, 3.8) is 0 Å². The highest BCUT2D eigenvalue weighted by Crippen LogP contribution is 2.34. The number of nitrogens with zero attached hydrogens (tertiary/aromatic N) is 5. The minimum absolute atomic E-state index is 0.314. The van der Waals surface area contributed by atoms with Crippen LogP contribution in [0.5, 0.6) is 0 Å². The van der Waals surface area contributed by atoms with E-state index in [0.29, 0.717) is 16.9 Å². The summed E-state index contributed by atoms with van der Waals surface area (Å²) in [5.41, 5.74) is 1.95. The summed E-state index contributed by atoms with van der Waals surface area (Å²) < 4.78 is 41.3. The van der Waals surface area contributed by atoms with E-state index in [9.17, 15) is 13.2 Å². The number of halogens is 3. The van der Waals surface area contributed by atoms with Gasteiger partial charge in [0, 0.05) is 37.1 Å². The van der Waals surface area contributed by atoms with Gasteiger partial charge in [-0.1, -0.05) is 18.7 Å². The topological polar surface area (TPSA) is 36.7 Å². The van der Waals surface area contributed by atoms with Crippen molar-refractivity contribution in [3.8, 4) is 0 Å². The second kappa shape index (κ2) is 6.23.